The number of ether oxygens (including phenoxy) is 1. The van der Waals surface area contributed by atoms with E-state index in [1.54, 1.807) is 37.3 Å². The highest BCUT2D eigenvalue weighted by Gasteiger charge is 2.22. The third-order valence-corrected chi connectivity index (χ3v) is 5.41. The van der Waals surface area contributed by atoms with Crippen LogP contribution in [0.4, 0.5) is 11.4 Å². The predicted molar refractivity (Wildman–Crippen MR) is 112 cm³/mol. The molecule has 0 spiro atoms. The van der Waals surface area contributed by atoms with Crippen LogP contribution in [-0.4, -0.2) is 33.5 Å². The zero-order chi connectivity index (χ0) is 20.9. The summed E-state index contributed by atoms with van der Waals surface area (Å²) in [6, 6.07) is 10.4. The fourth-order valence-electron chi connectivity index (χ4n) is 2.43. The van der Waals surface area contributed by atoms with Crippen LogP contribution in [0.1, 0.15) is 20.8 Å². The molecule has 2 aromatic rings. The molecule has 0 aromatic heterocycles. The molecule has 9 heteroatoms. The molecule has 2 rings (SSSR count). The standard InChI is InChI=1S/C19H24ClN3O4S/c1-12(2)21-19(24)13(3)22-16-9-10-17(27-4)18(11-16)28(25,26)23-15-7-5-14(20)6-8-15/h5-13,22-23H,1-4H3,(H,21,24)/t13-/m0/s1. The van der Waals surface area contributed by atoms with Gasteiger partial charge in [-0.15, -0.1) is 0 Å². The van der Waals surface area contributed by atoms with Crippen LogP contribution in [0, 0.1) is 0 Å². The predicted octanol–water partition coefficient (Wildman–Crippen LogP) is 3.47. The van der Waals surface area contributed by atoms with Gasteiger partial charge in [0.05, 0.1) is 7.11 Å². The van der Waals surface area contributed by atoms with Crippen LogP contribution in [-0.2, 0) is 14.8 Å². The first-order valence-electron chi connectivity index (χ1n) is 8.65. The Hall–Kier alpha value is -2.45. The minimum absolute atomic E-state index is 0.00660. The molecule has 0 unspecified atom stereocenters. The third kappa shape index (κ3) is 5.77. The number of amides is 1. The molecule has 0 aliphatic rings. The van der Waals surface area contributed by atoms with E-state index in [0.717, 1.165) is 0 Å². The van der Waals surface area contributed by atoms with Crippen molar-refractivity contribution in [3.8, 4) is 5.75 Å². The highest BCUT2D eigenvalue weighted by Crippen LogP contribution is 2.29. The monoisotopic (exact) mass is 425 g/mol. The van der Waals surface area contributed by atoms with Gasteiger partial charge in [-0.3, -0.25) is 9.52 Å². The van der Waals surface area contributed by atoms with E-state index < -0.39 is 16.1 Å². The first-order chi connectivity index (χ1) is 13.1. The van der Waals surface area contributed by atoms with Gasteiger partial charge >= 0.3 is 0 Å². The Bertz CT molecular complexity index is 931. The van der Waals surface area contributed by atoms with Gasteiger partial charge in [-0.2, -0.15) is 0 Å². The zero-order valence-electron chi connectivity index (χ0n) is 16.1. The molecule has 0 saturated heterocycles. The second-order valence-electron chi connectivity index (χ2n) is 6.51. The van der Waals surface area contributed by atoms with Gasteiger partial charge in [-0.1, -0.05) is 11.6 Å². The number of carbonyl (C=O) groups excluding carboxylic acids is 1. The summed E-state index contributed by atoms with van der Waals surface area (Å²) in [5.74, 6) is 0.000753. The van der Waals surface area contributed by atoms with E-state index in [4.69, 9.17) is 16.3 Å². The molecule has 0 fully saturated rings. The van der Waals surface area contributed by atoms with Gasteiger partial charge in [-0.05, 0) is 63.2 Å². The Morgan fingerprint density at radius 3 is 2.21 bits per heavy atom. The molecule has 1 atom stereocenters. The van der Waals surface area contributed by atoms with Gasteiger partial charge < -0.3 is 15.4 Å². The highest BCUT2D eigenvalue weighted by molar-refractivity contribution is 7.92. The second kappa shape index (κ2) is 9.16. The number of hydrogen-bond acceptors (Lipinski definition) is 5. The summed E-state index contributed by atoms with van der Waals surface area (Å²) in [6.45, 7) is 5.43. The van der Waals surface area contributed by atoms with E-state index in [9.17, 15) is 13.2 Å². The van der Waals surface area contributed by atoms with Crippen LogP contribution in [0.25, 0.3) is 0 Å². The van der Waals surface area contributed by atoms with Crippen LogP contribution in [0.15, 0.2) is 47.4 Å². The van der Waals surface area contributed by atoms with Crippen LogP contribution >= 0.6 is 11.6 Å². The van der Waals surface area contributed by atoms with E-state index in [1.807, 2.05) is 13.8 Å². The smallest absolute Gasteiger partial charge is 0.265 e. The molecule has 0 aliphatic carbocycles. The Morgan fingerprint density at radius 2 is 1.64 bits per heavy atom. The summed E-state index contributed by atoms with van der Waals surface area (Å²) >= 11 is 5.84. The van der Waals surface area contributed by atoms with Gasteiger partial charge in [0.2, 0.25) is 5.91 Å². The molecule has 2 aromatic carbocycles. The van der Waals surface area contributed by atoms with E-state index in [-0.39, 0.29) is 22.6 Å². The van der Waals surface area contributed by atoms with Gasteiger partial charge in [0.15, 0.2) is 0 Å². The fourth-order valence-corrected chi connectivity index (χ4v) is 3.81. The number of nitrogens with one attached hydrogen (secondary N) is 3. The van der Waals surface area contributed by atoms with Crippen LogP contribution in [0.3, 0.4) is 0 Å². The summed E-state index contributed by atoms with van der Waals surface area (Å²) in [4.78, 5) is 12.0. The fraction of sp³-hybridized carbons (Fsp3) is 0.316. The molecular weight excluding hydrogens is 402 g/mol. The van der Waals surface area contributed by atoms with Crippen LogP contribution in [0.5, 0.6) is 5.75 Å². The minimum atomic E-state index is -3.93. The maximum atomic E-state index is 12.9. The number of anilines is 2. The second-order valence-corrected chi connectivity index (χ2v) is 8.59. The molecule has 3 N–H and O–H groups in total. The molecule has 152 valence electrons. The largest absolute Gasteiger partial charge is 0.495 e. The lowest BCUT2D eigenvalue weighted by Gasteiger charge is -2.18. The number of benzene rings is 2. The molecule has 7 nitrogen and oxygen atoms in total. The Balaban J connectivity index is 2.28. The lowest BCUT2D eigenvalue weighted by molar-refractivity contribution is -0.122. The number of halogens is 1. The summed E-state index contributed by atoms with van der Waals surface area (Å²) in [5.41, 5.74) is 0.846. The topological polar surface area (TPSA) is 96.5 Å². The van der Waals surface area contributed by atoms with Crippen molar-refractivity contribution in [3.05, 3.63) is 47.5 Å². The first-order valence-corrected chi connectivity index (χ1v) is 10.5. The van der Waals surface area contributed by atoms with E-state index in [0.29, 0.717) is 16.4 Å². The Kier molecular flexibility index (Phi) is 7.15. The molecule has 1 amide bonds. The molecule has 0 saturated carbocycles. The van der Waals surface area contributed by atoms with Gasteiger partial charge in [-0.25, -0.2) is 8.42 Å². The van der Waals surface area contributed by atoms with Crippen molar-refractivity contribution >= 4 is 38.9 Å². The first kappa shape index (κ1) is 21.8. The van der Waals surface area contributed by atoms with Gasteiger partial charge in [0.25, 0.3) is 10.0 Å². The van der Waals surface area contributed by atoms with Crippen LogP contribution < -0.4 is 20.1 Å². The van der Waals surface area contributed by atoms with E-state index >= 15 is 0 Å². The maximum absolute atomic E-state index is 12.9. The molecule has 0 aliphatic heterocycles. The number of sulfonamides is 1. The van der Waals surface area contributed by atoms with Crippen molar-refractivity contribution < 1.29 is 17.9 Å². The van der Waals surface area contributed by atoms with E-state index in [1.165, 1.54) is 19.2 Å². The van der Waals surface area contributed by atoms with Crippen molar-refractivity contribution in [1.82, 2.24) is 5.32 Å². The number of methoxy groups -OCH3 is 1. The average molecular weight is 426 g/mol. The number of hydrogen-bond donors (Lipinski definition) is 3. The van der Waals surface area contributed by atoms with Gasteiger partial charge in [0, 0.05) is 22.4 Å². The molecule has 0 bridgehead atoms. The molecule has 28 heavy (non-hydrogen) atoms. The quantitative estimate of drug-likeness (QED) is 0.601. The Labute approximate surface area is 170 Å². The zero-order valence-corrected chi connectivity index (χ0v) is 17.7. The average Bonchev–Trinajstić information content (AvgIpc) is 2.62. The van der Waals surface area contributed by atoms with E-state index in [2.05, 4.69) is 15.4 Å². The minimum Gasteiger partial charge on any atom is -0.495 e. The molecule has 0 heterocycles. The summed E-state index contributed by atoms with van der Waals surface area (Å²) in [5, 5.41) is 6.31. The highest BCUT2D eigenvalue weighted by atomic mass is 35.5. The summed E-state index contributed by atoms with van der Waals surface area (Å²) in [7, 11) is -2.53. The third-order valence-electron chi connectivity index (χ3n) is 3.76. The SMILES string of the molecule is COc1ccc(N[C@@H](C)C(=O)NC(C)C)cc1S(=O)(=O)Nc1ccc(Cl)cc1. The molecule has 0 radical (unpaired) electrons. The maximum Gasteiger partial charge on any atom is 0.265 e. The summed E-state index contributed by atoms with van der Waals surface area (Å²) < 4.78 is 33.4. The summed E-state index contributed by atoms with van der Waals surface area (Å²) in [6.07, 6.45) is 0. The van der Waals surface area contributed by atoms with Crippen LogP contribution in [0.2, 0.25) is 5.02 Å². The Morgan fingerprint density at radius 1 is 1.04 bits per heavy atom. The number of rotatable bonds is 8. The van der Waals surface area contributed by atoms with Crippen molar-refractivity contribution in [2.24, 2.45) is 0 Å². The lowest BCUT2D eigenvalue weighted by atomic mass is 10.2. The lowest BCUT2D eigenvalue weighted by Crippen LogP contribution is -2.41. The van der Waals surface area contributed by atoms with Gasteiger partial charge in [0.1, 0.15) is 16.7 Å². The molecular formula is C19H24ClN3O4S. The van der Waals surface area contributed by atoms with Crippen molar-refractivity contribution in [3.63, 3.8) is 0 Å². The van der Waals surface area contributed by atoms with Crippen molar-refractivity contribution in [2.75, 3.05) is 17.1 Å². The normalized spacial score (nSPS) is 12.4. The van der Waals surface area contributed by atoms with Crippen molar-refractivity contribution in [2.45, 2.75) is 37.8 Å². The number of carbonyl (C=O) groups is 1. The van der Waals surface area contributed by atoms with Crippen molar-refractivity contribution in [1.29, 1.82) is 0 Å².